The summed E-state index contributed by atoms with van der Waals surface area (Å²) in [7, 11) is -4.88. The molecule has 0 bridgehead atoms. The number of hydrogen-bond donors (Lipinski definition) is 3. The van der Waals surface area contributed by atoms with E-state index >= 15 is 0 Å². The second-order valence-electron chi connectivity index (χ2n) is 8.60. The molecule has 1 unspecified atom stereocenters. The van der Waals surface area contributed by atoms with Crippen molar-refractivity contribution in [1.82, 2.24) is 0 Å². The van der Waals surface area contributed by atoms with E-state index in [1.165, 1.54) is 5.57 Å². The number of aromatic hydroxyl groups is 1. The highest BCUT2D eigenvalue weighted by Gasteiger charge is 2.34. The van der Waals surface area contributed by atoms with E-state index < -0.39 is 19.9 Å². The standard InChI is InChI=1S/C24H35O7P/c1-6-8-17-13-20(25)23(19-12-16(5)10-11-18(19)15(3)4)22(14-17)30-24(26)21(9-7-2)31-32(27,28)29/h12-14,18-19,21,25H,3,6-11H2,1-2,4-5H3,(H2,27,28,29)/t18-,19+,21?/m0/s1. The molecule has 3 N–H and O–H groups in total. The van der Waals surface area contributed by atoms with Gasteiger partial charge in [-0.2, -0.15) is 0 Å². The summed E-state index contributed by atoms with van der Waals surface area (Å²) in [6, 6.07) is 3.42. The average molecular weight is 467 g/mol. The molecule has 2 rings (SSSR count). The molecular formula is C24H35O7P. The molecule has 0 aromatic heterocycles. The van der Waals surface area contributed by atoms with Gasteiger partial charge in [0, 0.05) is 11.5 Å². The minimum atomic E-state index is -4.88. The van der Waals surface area contributed by atoms with Crippen LogP contribution >= 0.6 is 7.82 Å². The lowest BCUT2D eigenvalue weighted by Gasteiger charge is -2.32. The fourth-order valence-electron chi connectivity index (χ4n) is 4.24. The fourth-order valence-corrected chi connectivity index (χ4v) is 4.76. The Morgan fingerprint density at radius 1 is 1.28 bits per heavy atom. The van der Waals surface area contributed by atoms with Gasteiger partial charge in [0.2, 0.25) is 0 Å². The van der Waals surface area contributed by atoms with E-state index in [4.69, 9.17) is 4.74 Å². The summed E-state index contributed by atoms with van der Waals surface area (Å²) >= 11 is 0. The van der Waals surface area contributed by atoms with Crippen LogP contribution in [0.5, 0.6) is 11.5 Å². The third-order valence-electron chi connectivity index (χ3n) is 5.72. The van der Waals surface area contributed by atoms with E-state index in [-0.39, 0.29) is 29.8 Å². The summed E-state index contributed by atoms with van der Waals surface area (Å²) in [4.78, 5) is 31.3. The van der Waals surface area contributed by atoms with E-state index in [0.29, 0.717) is 18.4 Å². The normalized spacial score (nSPS) is 19.9. The number of rotatable bonds is 10. The van der Waals surface area contributed by atoms with Crippen molar-refractivity contribution in [3.8, 4) is 11.5 Å². The molecule has 0 amide bonds. The molecule has 0 fully saturated rings. The van der Waals surface area contributed by atoms with Gasteiger partial charge in [-0.25, -0.2) is 9.36 Å². The summed E-state index contributed by atoms with van der Waals surface area (Å²) < 4.78 is 21.7. The van der Waals surface area contributed by atoms with Crippen molar-refractivity contribution in [3.05, 3.63) is 47.1 Å². The van der Waals surface area contributed by atoms with Gasteiger partial charge in [-0.05, 0) is 63.1 Å². The first kappa shape index (κ1) is 26.3. The molecule has 1 aliphatic rings. The Balaban J connectivity index is 2.54. The van der Waals surface area contributed by atoms with Crippen molar-refractivity contribution in [1.29, 1.82) is 0 Å². The number of phosphoric acid groups is 1. The molecular weight excluding hydrogens is 431 g/mol. The van der Waals surface area contributed by atoms with E-state index in [9.17, 15) is 24.3 Å². The molecule has 1 aliphatic carbocycles. The van der Waals surface area contributed by atoms with Crippen molar-refractivity contribution in [2.75, 3.05) is 0 Å². The number of benzene rings is 1. The molecule has 0 heterocycles. The van der Waals surface area contributed by atoms with Crippen molar-refractivity contribution in [3.63, 3.8) is 0 Å². The quantitative estimate of drug-likeness (QED) is 0.179. The SMILES string of the molecule is C=C(C)[C@@H]1CCC(C)=C[C@H]1c1c(O)cc(CCC)cc1OC(=O)C(CCC)OP(=O)(O)O. The molecule has 0 saturated heterocycles. The number of carbonyl (C=O) groups excluding carboxylic acids is 1. The Hall–Kier alpha value is -1.92. The zero-order valence-electron chi connectivity index (χ0n) is 19.3. The largest absolute Gasteiger partial charge is 0.507 e. The lowest BCUT2D eigenvalue weighted by Crippen LogP contribution is -2.29. The Labute approximate surface area is 190 Å². The summed E-state index contributed by atoms with van der Waals surface area (Å²) in [6.45, 7) is 11.9. The Kier molecular flexibility index (Phi) is 9.28. The highest BCUT2D eigenvalue weighted by Crippen LogP contribution is 2.47. The molecule has 1 aromatic carbocycles. The van der Waals surface area contributed by atoms with Crippen LogP contribution in [0.1, 0.15) is 76.8 Å². The first-order valence-corrected chi connectivity index (χ1v) is 12.6. The maximum atomic E-state index is 12.9. The summed E-state index contributed by atoms with van der Waals surface area (Å²) in [5.41, 5.74) is 3.44. The van der Waals surface area contributed by atoms with Gasteiger partial charge < -0.3 is 19.6 Å². The van der Waals surface area contributed by atoms with Gasteiger partial charge in [0.05, 0.1) is 0 Å². The van der Waals surface area contributed by atoms with Gasteiger partial charge >= 0.3 is 13.8 Å². The van der Waals surface area contributed by atoms with Gasteiger partial charge in [0.1, 0.15) is 11.5 Å². The predicted molar refractivity (Wildman–Crippen MR) is 124 cm³/mol. The molecule has 3 atom stereocenters. The zero-order valence-corrected chi connectivity index (χ0v) is 20.2. The van der Waals surface area contributed by atoms with Crippen molar-refractivity contribution in [2.45, 2.75) is 78.2 Å². The van der Waals surface area contributed by atoms with Crippen molar-refractivity contribution >= 4 is 13.8 Å². The molecule has 1 aromatic rings. The first-order chi connectivity index (χ1) is 15.0. The van der Waals surface area contributed by atoms with Crippen LogP contribution in [-0.4, -0.2) is 27.0 Å². The van der Waals surface area contributed by atoms with Crippen molar-refractivity contribution in [2.24, 2.45) is 5.92 Å². The fraction of sp³-hybridized carbons (Fsp3) is 0.542. The van der Waals surface area contributed by atoms with Gasteiger partial charge in [0.15, 0.2) is 6.10 Å². The number of esters is 1. The van der Waals surface area contributed by atoms with E-state index in [1.807, 2.05) is 20.8 Å². The summed E-state index contributed by atoms with van der Waals surface area (Å²) in [5, 5.41) is 11.0. The summed E-state index contributed by atoms with van der Waals surface area (Å²) in [5.74, 6) is -0.836. The van der Waals surface area contributed by atoms with Gasteiger partial charge in [-0.1, -0.05) is 50.5 Å². The second-order valence-corrected chi connectivity index (χ2v) is 9.79. The lowest BCUT2D eigenvalue weighted by molar-refractivity contribution is -0.143. The third kappa shape index (κ3) is 7.04. The number of carbonyl (C=O) groups is 1. The Morgan fingerprint density at radius 2 is 1.97 bits per heavy atom. The van der Waals surface area contributed by atoms with E-state index in [1.54, 1.807) is 19.1 Å². The van der Waals surface area contributed by atoms with E-state index in [2.05, 4.69) is 17.2 Å². The smallest absolute Gasteiger partial charge is 0.470 e. The number of phenols is 1. The zero-order chi connectivity index (χ0) is 24.1. The topological polar surface area (TPSA) is 113 Å². The molecule has 0 spiro atoms. The number of phenolic OH excluding ortho intramolecular Hbond substituents is 1. The van der Waals surface area contributed by atoms with Crippen molar-refractivity contribution < 1.29 is 33.5 Å². The molecule has 32 heavy (non-hydrogen) atoms. The average Bonchev–Trinajstić information content (AvgIpc) is 2.66. The highest BCUT2D eigenvalue weighted by molar-refractivity contribution is 7.46. The van der Waals surface area contributed by atoms with E-state index in [0.717, 1.165) is 30.4 Å². The minimum Gasteiger partial charge on any atom is -0.507 e. The van der Waals surface area contributed by atoms with Gasteiger partial charge in [-0.3, -0.25) is 4.52 Å². The number of ether oxygens (including phenoxy) is 1. The predicted octanol–water partition coefficient (Wildman–Crippen LogP) is 5.54. The van der Waals surface area contributed by atoms with Gasteiger partial charge in [-0.15, -0.1) is 0 Å². The van der Waals surface area contributed by atoms with Crippen LogP contribution in [0.25, 0.3) is 0 Å². The highest BCUT2D eigenvalue weighted by atomic mass is 31.2. The molecule has 0 radical (unpaired) electrons. The van der Waals surface area contributed by atoms with Crippen LogP contribution in [0.3, 0.4) is 0 Å². The summed E-state index contributed by atoms with van der Waals surface area (Å²) in [6.07, 6.45) is 4.53. The molecule has 7 nitrogen and oxygen atoms in total. The molecule has 0 aliphatic heterocycles. The maximum Gasteiger partial charge on any atom is 0.470 e. The van der Waals surface area contributed by atoms with Gasteiger partial charge in [0.25, 0.3) is 0 Å². The van der Waals surface area contributed by atoms with Crippen LogP contribution in [0.2, 0.25) is 0 Å². The Bertz CT molecular complexity index is 915. The van der Waals surface area contributed by atoms with Crippen LogP contribution < -0.4 is 4.74 Å². The number of allylic oxidation sites excluding steroid dienone is 3. The minimum absolute atomic E-state index is 0.0314. The Morgan fingerprint density at radius 3 is 2.53 bits per heavy atom. The van der Waals surface area contributed by atoms with Crippen LogP contribution in [-0.2, 0) is 20.3 Å². The monoisotopic (exact) mass is 466 g/mol. The van der Waals surface area contributed by atoms with Crippen LogP contribution in [0.15, 0.2) is 35.9 Å². The van der Waals surface area contributed by atoms with Crippen LogP contribution in [0, 0.1) is 5.92 Å². The van der Waals surface area contributed by atoms with Crippen LogP contribution in [0.4, 0.5) is 0 Å². The number of aryl methyl sites for hydroxylation is 1. The number of phosphoric ester groups is 1. The lowest BCUT2D eigenvalue weighted by atomic mass is 9.73. The maximum absolute atomic E-state index is 12.9. The molecule has 8 heteroatoms. The third-order valence-corrected chi connectivity index (χ3v) is 6.25. The number of hydrogen-bond acceptors (Lipinski definition) is 5. The first-order valence-electron chi connectivity index (χ1n) is 11.1. The second kappa shape index (κ2) is 11.3. The molecule has 0 saturated carbocycles. The molecule has 178 valence electrons.